The molecule has 0 aliphatic heterocycles. The Morgan fingerprint density at radius 1 is 0.906 bits per heavy atom. The Balaban J connectivity index is 3.78. The average molecular weight is 457 g/mol. The lowest BCUT2D eigenvalue weighted by molar-refractivity contribution is -0.121. The molecule has 32 heavy (non-hydrogen) atoms. The fourth-order valence-electron chi connectivity index (χ4n) is 3.33. The first-order valence-electron chi connectivity index (χ1n) is 13.3. The number of ether oxygens (including phenoxy) is 2. The molecule has 0 rings (SSSR count). The number of rotatable bonds is 21. The average Bonchev–Trinajstić information content (AvgIpc) is 2.72. The van der Waals surface area contributed by atoms with Gasteiger partial charge in [0.15, 0.2) is 0 Å². The topological polar surface area (TPSA) is 59.6 Å². The first kappa shape index (κ1) is 31.4. The first-order chi connectivity index (χ1) is 15.0. The molecule has 2 atom stereocenters. The molecule has 0 aromatic carbocycles. The lowest BCUT2D eigenvalue weighted by atomic mass is 9.93. The van der Waals surface area contributed by atoms with E-state index in [0.29, 0.717) is 25.6 Å². The molecule has 2 N–H and O–H groups in total. The molecule has 0 aromatic rings. The van der Waals surface area contributed by atoms with E-state index in [4.69, 9.17) is 9.47 Å². The van der Waals surface area contributed by atoms with Crippen LogP contribution >= 0.6 is 0 Å². The van der Waals surface area contributed by atoms with Crippen molar-refractivity contribution >= 4 is 5.91 Å². The molecule has 5 heteroatoms. The minimum Gasteiger partial charge on any atom is -0.381 e. The third kappa shape index (κ3) is 17.9. The third-order valence-corrected chi connectivity index (χ3v) is 6.64. The van der Waals surface area contributed by atoms with Gasteiger partial charge in [0, 0.05) is 38.3 Å². The Morgan fingerprint density at radius 3 is 2.25 bits per heavy atom. The third-order valence-electron chi connectivity index (χ3n) is 6.64. The molecule has 0 bridgehead atoms. The summed E-state index contributed by atoms with van der Waals surface area (Å²) < 4.78 is 11.7. The molecular weight excluding hydrogens is 400 g/mol. The highest BCUT2D eigenvalue weighted by Gasteiger charge is 2.21. The van der Waals surface area contributed by atoms with Crippen LogP contribution in [0.1, 0.15) is 113 Å². The van der Waals surface area contributed by atoms with Crippen molar-refractivity contribution in [2.45, 2.75) is 124 Å². The van der Waals surface area contributed by atoms with E-state index in [1.165, 1.54) is 12.8 Å². The number of amides is 1. The van der Waals surface area contributed by atoms with Gasteiger partial charge in [0.2, 0.25) is 5.91 Å². The summed E-state index contributed by atoms with van der Waals surface area (Å²) in [6.45, 7) is 21.8. The maximum atomic E-state index is 12.1. The van der Waals surface area contributed by atoms with Crippen LogP contribution in [0.2, 0.25) is 0 Å². The number of hydrogen-bond acceptors (Lipinski definition) is 4. The number of carbonyl (C=O) groups is 1. The van der Waals surface area contributed by atoms with E-state index >= 15 is 0 Å². The van der Waals surface area contributed by atoms with Gasteiger partial charge in [-0.1, -0.05) is 41.0 Å². The van der Waals surface area contributed by atoms with E-state index in [-0.39, 0.29) is 17.0 Å². The molecule has 2 unspecified atom stereocenters. The van der Waals surface area contributed by atoms with Crippen LogP contribution in [-0.2, 0) is 14.3 Å². The second-order valence-electron chi connectivity index (χ2n) is 10.9. The highest BCUT2D eigenvalue weighted by atomic mass is 16.5. The molecule has 0 saturated carbocycles. The van der Waals surface area contributed by atoms with Crippen LogP contribution in [0, 0.1) is 11.8 Å². The van der Waals surface area contributed by atoms with Gasteiger partial charge >= 0.3 is 0 Å². The summed E-state index contributed by atoms with van der Waals surface area (Å²) in [5.74, 6) is 1.59. The van der Waals surface area contributed by atoms with Crippen LogP contribution in [0.4, 0.5) is 0 Å². The van der Waals surface area contributed by atoms with Crippen molar-refractivity contribution in [2.24, 2.45) is 11.8 Å². The second kappa shape index (κ2) is 17.8. The Morgan fingerprint density at radius 2 is 1.62 bits per heavy atom. The maximum Gasteiger partial charge on any atom is 0.219 e. The van der Waals surface area contributed by atoms with E-state index in [1.54, 1.807) is 0 Å². The highest BCUT2D eigenvalue weighted by Crippen LogP contribution is 2.17. The molecule has 1 amide bonds. The van der Waals surface area contributed by atoms with Crippen LogP contribution in [0.5, 0.6) is 0 Å². The molecule has 0 aromatic heterocycles. The maximum absolute atomic E-state index is 12.1. The Labute approximate surface area is 200 Å². The van der Waals surface area contributed by atoms with Gasteiger partial charge in [-0.15, -0.1) is 0 Å². The van der Waals surface area contributed by atoms with Crippen molar-refractivity contribution in [2.75, 3.05) is 32.9 Å². The van der Waals surface area contributed by atoms with E-state index < -0.39 is 0 Å². The van der Waals surface area contributed by atoms with Gasteiger partial charge in [-0.3, -0.25) is 4.79 Å². The molecule has 0 heterocycles. The standard InChI is InChI=1S/C27H56N2O3/c1-9-24(5)14-18-29-27(8,10-2)16-19-28-25(30)13-11-12-20-31-22-17-26(6,7)32-21-15-23(3)4/h23-24,29H,9-22H2,1-8H3,(H,28,30). The van der Waals surface area contributed by atoms with Gasteiger partial charge in [-0.25, -0.2) is 0 Å². The molecule has 5 nitrogen and oxygen atoms in total. The Hall–Kier alpha value is -0.650. The minimum absolute atomic E-state index is 0.0981. The highest BCUT2D eigenvalue weighted by molar-refractivity contribution is 5.75. The van der Waals surface area contributed by atoms with Gasteiger partial charge < -0.3 is 20.1 Å². The van der Waals surface area contributed by atoms with Crippen molar-refractivity contribution in [3.05, 3.63) is 0 Å². The van der Waals surface area contributed by atoms with Crippen LogP contribution in [0.3, 0.4) is 0 Å². The summed E-state index contributed by atoms with van der Waals surface area (Å²) in [7, 11) is 0. The van der Waals surface area contributed by atoms with Crippen LogP contribution < -0.4 is 10.6 Å². The normalized spacial score (nSPS) is 15.0. The summed E-state index contributed by atoms with van der Waals surface area (Å²) >= 11 is 0. The van der Waals surface area contributed by atoms with E-state index in [0.717, 1.165) is 64.1 Å². The van der Waals surface area contributed by atoms with Gasteiger partial charge in [-0.05, 0) is 84.1 Å². The van der Waals surface area contributed by atoms with Gasteiger partial charge in [0.25, 0.3) is 0 Å². The Bertz CT molecular complexity index is 468. The summed E-state index contributed by atoms with van der Waals surface area (Å²) in [6, 6.07) is 0. The monoisotopic (exact) mass is 456 g/mol. The molecule has 192 valence electrons. The number of carbonyl (C=O) groups excluding carboxylic acids is 1. The predicted octanol–water partition coefficient (Wildman–Crippen LogP) is 6.11. The smallest absolute Gasteiger partial charge is 0.219 e. The number of unbranched alkanes of at least 4 members (excludes halogenated alkanes) is 1. The minimum atomic E-state index is -0.134. The quantitative estimate of drug-likeness (QED) is 0.205. The lowest BCUT2D eigenvalue weighted by Gasteiger charge is -2.30. The fourth-order valence-corrected chi connectivity index (χ4v) is 3.33. The van der Waals surface area contributed by atoms with Gasteiger partial charge in [0.05, 0.1) is 5.60 Å². The van der Waals surface area contributed by atoms with E-state index in [2.05, 4.69) is 66.0 Å². The van der Waals surface area contributed by atoms with E-state index in [9.17, 15) is 4.79 Å². The van der Waals surface area contributed by atoms with Crippen molar-refractivity contribution in [1.29, 1.82) is 0 Å². The molecular formula is C27H56N2O3. The SMILES string of the molecule is CCC(C)CCNC(C)(CC)CCNC(=O)CCCCOCCC(C)(C)OCCC(C)C. The summed E-state index contributed by atoms with van der Waals surface area (Å²) in [4.78, 5) is 12.1. The fraction of sp³-hybridized carbons (Fsp3) is 0.963. The van der Waals surface area contributed by atoms with Gasteiger partial charge in [-0.2, -0.15) is 0 Å². The Kier molecular flexibility index (Phi) is 17.4. The first-order valence-corrected chi connectivity index (χ1v) is 13.3. The van der Waals surface area contributed by atoms with Crippen LogP contribution in [0.25, 0.3) is 0 Å². The summed E-state index contributed by atoms with van der Waals surface area (Å²) in [6.07, 6.45) is 8.85. The summed E-state index contributed by atoms with van der Waals surface area (Å²) in [5, 5.41) is 6.80. The molecule has 0 spiro atoms. The molecule has 0 radical (unpaired) electrons. The van der Waals surface area contributed by atoms with Crippen molar-refractivity contribution in [1.82, 2.24) is 10.6 Å². The number of hydrogen-bond donors (Lipinski definition) is 2. The molecule has 0 fully saturated rings. The zero-order chi connectivity index (χ0) is 24.5. The lowest BCUT2D eigenvalue weighted by Crippen LogP contribution is -2.45. The van der Waals surface area contributed by atoms with Crippen molar-refractivity contribution < 1.29 is 14.3 Å². The van der Waals surface area contributed by atoms with E-state index in [1.807, 2.05) is 0 Å². The second-order valence-corrected chi connectivity index (χ2v) is 10.9. The van der Waals surface area contributed by atoms with Crippen molar-refractivity contribution in [3.63, 3.8) is 0 Å². The molecule has 0 saturated heterocycles. The summed E-state index contributed by atoms with van der Waals surface area (Å²) in [5.41, 5.74) is -0.0360. The molecule has 0 aliphatic rings. The van der Waals surface area contributed by atoms with Crippen molar-refractivity contribution in [3.8, 4) is 0 Å². The van der Waals surface area contributed by atoms with Crippen LogP contribution in [-0.4, -0.2) is 50.0 Å². The van der Waals surface area contributed by atoms with Gasteiger partial charge in [0.1, 0.15) is 0 Å². The predicted molar refractivity (Wildman–Crippen MR) is 137 cm³/mol. The zero-order valence-corrected chi connectivity index (χ0v) is 22.8. The molecule has 0 aliphatic carbocycles. The largest absolute Gasteiger partial charge is 0.381 e. The number of nitrogens with one attached hydrogen (secondary N) is 2. The zero-order valence-electron chi connectivity index (χ0n) is 22.8. The van der Waals surface area contributed by atoms with Crippen LogP contribution in [0.15, 0.2) is 0 Å².